The van der Waals surface area contributed by atoms with Crippen LogP contribution in [0.2, 0.25) is 0 Å². The van der Waals surface area contributed by atoms with E-state index in [1.54, 1.807) is 0 Å². The zero-order valence-electron chi connectivity index (χ0n) is 25.1. The molecule has 5 heteroatoms. The minimum atomic E-state index is 0.875. The van der Waals surface area contributed by atoms with Gasteiger partial charge in [-0.3, -0.25) is 8.80 Å². The number of fused-ring (bicyclic) bond motifs is 13. The predicted molar refractivity (Wildman–Crippen MR) is 192 cm³/mol. The second-order valence-corrected chi connectivity index (χ2v) is 12.3. The van der Waals surface area contributed by atoms with Crippen molar-refractivity contribution < 1.29 is 4.42 Å². The van der Waals surface area contributed by atoms with E-state index in [0.29, 0.717) is 0 Å². The third kappa shape index (κ3) is 3.43. The molecule has 0 unspecified atom stereocenters. The van der Waals surface area contributed by atoms with Gasteiger partial charge in [0.2, 0.25) is 0 Å². The maximum Gasteiger partial charge on any atom is 0.145 e. The van der Waals surface area contributed by atoms with Crippen LogP contribution in [-0.2, 0) is 0 Å². The van der Waals surface area contributed by atoms with Gasteiger partial charge < -0.3 is 4.42 Å². The minimum Gasteiger partial charge on any atom is -0.456 e. The van der Waals surface area contributed by atoms with Crippen LogP contribution in [0.15, 0.2) is 150 Å². The summed E-state index contributed by atoms with van der Waals surface area (Å²) in [5, 5.41) is 6.81. The van der Waals surface area contributed by atoms with Crippen LogP contribution in [0.3, 0.4) is 0 Å². The molecule has 5 aromatic heterocycles. The second-order valence-electron chi connectivity index (χ2n) is 12.3. The van der Waals surface area contributed by atoms with E-state index in [2.05, 4.69) is 143 Å². The van der Waals surface area contributed by atoms with Crippen molar-refractivity contribution in [1.29, 1.82) is 0 Å². The van der Waals surface area contributed by atoms with Gasteiger partial charge in [-0.1, -0.05) is 84.9 Å². The Morgan fingerprint density at radius 1 is 0.404 bits per heavy atom. The number of hydrogen-bond acceptors (Lipinski definition) is 3. The van der Waals surface area contributed by atoms with Gasteiger partial charge in [0.25, 0.3) is 0 Å². The molecule has 0 aliphatic rings. The van der Waals surface area contributed by atoms with Crippen LogP contribution in [0.25, 0.3) is 99.1 Å². The van der Waals surface area contributed by atoms with Crippen molar-refractivity contribution in [2.75, 3.05) is 0 Å². The average Bonchev–Trinajstić information content (AvgIpc) is 3.82. The Hall–Kier alpha value is -6.46. The summed E-state index contributed by atoms with van der Waals surface area (Å²) in [5.74, 6) is 0. The fraction of sp³-hybridized carbons (Fsp3) is 0. The molecule has 0 atom stereocenters. The van der Waals surface area contributed by atoms with E-state index in [1.165, 1.54) is 10.8 Å². The zero-order chi connectivity index (χ0) is 30.6. The third-order valence-electron chi connectivity index (χ3n) is 9.72. The minimum absolute atomic E-state index is 0.875. The Kier molecular flexibility index (Phi) is 4.78. The Morgan fingerprint density at radius 2 is 0.830 bits per heavy atom. The molecule has 47 heavy (non-hydrogen) atoms. The lowest BCUT2D eigenvalue weighted by atomic mass is 9.97. The van der Waals surface area contributed by atoms with Crippen LogP contribution in [0.4, 0.5) is 0 Å². The Balaban J connectivity index is 1.16. The number of benzene rings is 6. The smallest absolute Gasteiger partial charge is 0.145 e. The number of imidazole rings is 2. The molecule has 6 aromatic carbocycles. The highest BCUT2D eigenvalue weighted by molar-refractivity contribution is 6.12. The quantitative estimate of drug-likeness (QED) is 0.198. The second kappa shape index (κ2) is 9.05. The largest absolute Gasteiger partial charge is 0.456 e. The molecule has 0 amide bonds. The Bertz CT molecular complexity index is 2880. The van der Waals surface area contributed by atoms with Gasteiger partial charge in [-0.15, -0.1) is 0 Å². The summed E-state index contributed by atoms with van der Waals surface area (Å²) in [6, 6.07) is 46.9. The molecule has 5 heterocycles. The van der Waals surface area contributed by atoms with Gasteiger partial charge in [0.1, 0.15) is 22.5 Å². The van der Waals surface area contributed by atoms with E-state index in [0.717, 1.165) is 88.3 Å². The Morgan fingerprint density at radius 3 is 1.32 bits per heavy atom. The number of aromatic nitrogens is 4. The summed E-state index contributed by atoms with van der Waals surface area (Å²) in [6.07, 6.45) is 4.47. The van der Waals surface area contributed by atoms with Crippen molar-refractivity contribution >= 4 is 76.8 Å². The summed E-state index contributed by atoms with van der Waals surface area (Å²) in [4.78, 5) is 9.99. The van der Waals surface area contributed by atoms with Crippen LogP contribution in [0.1, 0.15) is 0 Å². The molecule has 218 valence electrons. The van der Waals surface area contributed by atoms with Crippen molar-refractivity contribution in [2.45, 2.75) is 0 Å². The molecule has 0 spiro atoms. The highest BCUT2D eigenvalue weighted by atomic mass is 16.3. The molecular weight excluding hydrogens is 576 g/mol. The van der Waals surface area contributed by atoms with Crippen LogP contribution in [0.5, 0.6) is 0 Å². The van der Waals surface area contributed by atoms with Crippen LogP contribution in [0, 0.1) is 0 Å². The van der Waals surface area contributed by atoms with E-state index in [-0.39, 0.29) is 0 Å². The first-order valence-electron chi connectivity index (χ1n) is 15.8. The number of hydrogen-bond donors (Lipinski definition) is 0. The molecular formula is C42H24N4O. The zero-order valence-corrected chi connectivity index (χ0v) is 25.1. The maximum atomic E-state index is 6.41. The van der Waals surface area contributed by atoms with E-state index in [1.807, 2.05) is 12.1 Å². The van der Waals surface area contributed by atoms with E-state index in [4.69, 9.17) is 14.4 Å². The van der Waals surface area contributed by atoms with E-state index in [9.17, 15) is 0 Å². The Labute approximate surface area is 267 Å². The first-order valence-corrected chi connectivity index (χ1v) is 15.8. The van der Waals surface area contributed by atoms with Crippen LogP contribution < -0.4 is 0 Å². The molecule has 0 radical (unpaired) electrons. The number of para-hydroxylation sites is 4. The number of pyridine rings is 2. The normalized spacial score (nSPS) is 12.3. The van der Waals surface area contributed by atoms with Crippen LogP contribution in [-0.4, -0.2) is 18.8 Å². The van der Waals surface area contributed by atoms with Gasteiger partial charge in [0, 0.05) is 45.1 Å². The lowest BCUT2D eigenvalue weighted by molar-refractivity contribution is 0.669. The average molecular weight is 601 g/mol. The van der Waals surface area contributed by atoms with Crippen molar-refractivity contribution in [3.63, 3.8) is 0 Å². The fourth-order valence-corrected chi connectivity index (χ4v) is 7.53. The summed E-state index contributed by atoms with van der Waals surface area (Å²) in [7, 11) is 0. The third-order valence-corrected chi connectivity index (χ3v) is 9.72. The van der Waals surface area contributed by atoms with Gasteiger partial charge in [0.15, 0.2) is 0 Å². The number of nitrogens with zero attached hydrogens (tertiary/aromatic N) is 4. The molecule has 0 saturated carbocycles. The van der Waals surface area contributed by atoms with Gasteiger partial charge >= 0.3 is 0 Å². The topological polar surface area (TPSA) is 47.7 Å². The summed E-state index contributed by atoms with van der Waals surface area (Å²) >= 11 is 0. The van der Waals surface area contributed by atoms with Crippen LogP contribution >= 0.6 is 0 Å². The predicted octanol–water partition coefficient (Wildman–Crippen LogP) is 10.8. The number of rotatable bonds is 2. The van der Waals surface area contributed by atoms with Gasteiger partial charge in [-0.05, 0) is 70.4 Å². The maximum absolute atomic E-state index is 6.41. The van der Waals surface area contributed by atoms with Gasteiger partial charge in [-0.25, -0.2) is 9.97 Å². The molecule has 0 bridgehead atoms. The van der Waals surface area contributed by atoms with E-state index >= 15 is 0 Å². The van der Waals surface area contributed by atoms with Crippen molar-refractivity contribution in [2.24, 2.45) is 0 Å². The molecule has 11 rings (SSSR count). The molecule has 11 aromatic rings. The lowest BCUT2D eigenvalue weighted by Gasteiger charge is -2.10. The summed E-state index contributed by atoms with van der Waals surface area (Å²) in [5.41, 5.74) is 12.5. The monoisotopic (exact) mass is 600 g/mol. The van der Waals surface area contributed by atoms with E-state index < -0.39 is 0 Å². The summed E-state index contributed by atoms with van der Waals surface area (Å²) in [6.45, 7) is 0. The molecule has 0 saturated heterocycles. The first-order chi connectivity index (χ1) is 23.3. The standard InChI is InChI=1S/C42H24N4O/c1-3-11-29-27(9-1)33(23-45-37-15-7-5-13-35(37)43-41(29)45)25-17-19-39-31(21-25)32-22-26(18-20-40(32)47-39)34-24-46-38-16-8-6-14-36(38)44-42(46)30-12-4-2-10-28(30)34/h1-24H. The van der Waals surface area contributed by atoms with Crippen molar-refractivity contribution in [3.8, 4) is 22.3 Å². The fourth-order valence-electron chi connectivity index (χ4n) is 7.53. The molecule has 0 fully saturated rings. The molecule has 0 aliphatic heterocycles. The van der Waals surface area contributed by atoms with Gasteiger partial charge in [0.05, 0.1) is 22.1 Å². The SMILES string of the molecule is c1ccc2c(c1)nc1c3ccccc3c(-c3ccc4oc5ccc(-c6cn7c8ccccc8nc7c7ccccc67)cc5c4c3)cn21. The first kappa shape index (κ1) is 24.8. The summed E-state index contributed by atoms with van der Waals surface area (Å²) < 4.78 is 10.9. The van der Waals surface area contributed by atoms with Crippen molar-refractivity contribution in [1.82, 2.24) is 18.8 Å². The van der Waals surface area contributed by atoms with Crippen molar-refractivity contribution in [3.05, 3.63) is 146 Å². The highest BCUT2D eigenvalue weighted by Gasteiger charge is 2.17. The molecule has 5 nitrogen and oxygen atoms in total. The van der Waals surface area contributed by atoms with Gasteiger partial charge in [-0.2, -0.15) is 0 Å². The molecule has 0 aliphatic carbocycles. The molecule has 0 N–H and O–H groups in total. The number of furan rings is 1. The lowest BCUT2D eigenvalue weighted by Crippen LogP contribution is -1.91. The highest BCUT2D eigenvalue weighted by Crippen LogP contribution is 2.40.